The summed E-state index contributed by atoms with van der Waals surface area (Å²) in [6, 6.07) is 18.7. The van der Waals surface area contributed by atoms with E-state index in [0.29, 0.717) is 29.2 Å². The number of rotatable bonds is 3. The average Bonchev–Trinajstić information content (AvgIpc) is 3.20. The van der Waals surface area contributed by atoms with Gasteiger partial charge in [-0.1, -0.05) is 36.4 Å². The molecule has 1 saturated heterocycles. The Balaban J connectivity index is 1.47. The molecule has 4 aromatic rings. The number of hydrogen-bond acceptors (Lipinski definition) is 6. The predicted molar refractivity (Wildman–Crippen MR) is 128 cm³/mol. The number of benzene rings is 3. The number of piperazine rings is 1. The summed E-state index contributed by atoms with van der Waals surface area (Å²) in [7, 11) is 2.02. The van der Waals surface area contributed by atoms with Crippen LogP contribution in [0.2, 0.25) is 0 Å². The van der Waals surface area contributed by atoms with Crippen LogP contribution in [0.15, 0.2) is 60.7 Å². The Bertz CT molecular complexity index is 1380. The fourth-order valence-corrected chi connectivity index (χ4v) is 4.25. The van der Waals surface area contributed by atoms with Crippen molar-refractivity contribution in [3.8, 4) is 28.6 Å². The maximum atomic E-state index is 12.5. The molecule has 33 heavy (non-hydrogen) atoms. The number of aromatic amines is 1. The van der Waals surface area contributed by atoms with Crippen LogP contribution >= 0.6 is 12.2 Å². The van der Waals surface area contributed by atoms with Crippen molar-refractivity contribution in [2.24, 2.45) is 0 Å². The maximum absolute atomic E-state index is 12.5. The number of nitrogens with zero attached hydrogens (tertiary/aromatic N) is 4. The Morgan fingerprint density at radius 1 is 1.06 bits per heavy atom. The summed E-state index contributed by atoms with van der Waals surface area (Å²) in [5.74, 6) is 0.672. The molecule has 0 aliphatic carbocycles. The molecule has 0 spiro atoms. The monoisotopic (exact) mass is 461 g/mol. The third kappa shape index (κ3) is 4.08. The van der Waals surface area contributed by atoms with Gasteiger partial charge in [0.25, 0.3) is 0 Å². The van der Waals surface area contributed by atoms with Crippen LogP contribution in [0.3, 0.4) is 0 Å². The van der Waals surface area contributed by atoms with Gasteiger partial charge >= 0.3 is 6.09 Å². The van der Waals surface area contributed by atoms with E-state index in [1.807, 2.05) is 49.5 Å². The van der Waals surface area contributed by atoms with E-state index in [9.17, 15) is 9.90 Å². The summed E-state index contributed by atoms with van der Waals surface area (Å²) >= 11 is 5.51. The molecular weight excluding hydrogens is 438 g/mol. The zero-order valence-corrected chi connectivity index (χ0v) is 18.9. The molecule has 168 valence electrons. The molecule has 1 aliphatic heterocycles. The van der Waals surface area contributed by atoms with Crippen LogP contribution in [-0.2, 0) is 0 Å². The molecule has 2 N–H and O–H groups in total. The van der Waals surface area contributed by atoms with Gasteiger partial charge in [0, 0.05) is 37.6 Å². The number of H-pyrrole nitrogens is 1. The number of phenolic OH excluding ortho intramolecular Hbond substituents is 1. The third-order valence-electron chi connectivity index (χ3n) is 5.86. The van der Waals surface area contributed by atoms with Crippen LogP contribution in [0.1, 0.15) is 0 Å². The second-order valence-electron chi connectivity index (χ2n) is 8.02. The number of ether oxygens (including phenoxy) is 1. The van der Waals surface area contributed by atoms with Crippen LogP contribution in [0.4, 0.5) is 4.79 Å². The zero-order valence-electron chi connectivity index (χ0n) is 18.1. The van der Waals surface area contributed by atoms with E-state index in [1.54, 1.807) is 21.6 Å². The van der Waals surface area contributed by atoms with E-state index < -0.39 is 6.09 Å². The Hall–Kier alpha value is -3.69. The molecular formula is C24H23N5O3S. The van der Waals surface area contributed by atoms with Gasteiger partial charge < -0.3 is 19.6 Å². The minimum Gasteiger partial charge on any atom is -0.507 e. The zero-order chi connectivity index (χ0) is 22.9. The summed E-state index contributed by atoms with van der Waals surface area (Å²) in [6.45, 7) is 2.82. The first kappa shape index (κ1) is 21.2. The highest BCUT2D eigenvalue weighted by Gasteiger charge is 2.22. The Labute approximate surface area is 195 Å². The topological polar surface area (TPSA) is 86.6 Å². The number of likely N-dealkylation sites (N-methyl/N-ethyl adjacent to an activating group) is 1. The van der Waals surface area contributed by atoms with E-state index >= 15 is 0 Å². The van der Waals surface area contributed by atoms with Crippen LogP contribution in [0.5, 0.6) is 11.5 Å². The van der Waals surface area contributed by atoms with E-state index in [-0.39, 0.29) is 11.5 Å². The third-order valence-corrected chi connectivity index (χ3v) is 6.13. The molecule has 0 radical (unpaired) electrons. The second-order valence-corrected chi connectivity index (χ2v) is 8.41. The van der Waals surface area contributed by atoms with Crippen molar-refractivity contribution in [3.05, 3.63) is 65.4 Å². The van der Waals surface area contributed by atoms with Crippen molar-refractivity contribution in [2.45, 2.75) is 0 Å². The Kier molecular flexibility index (Phi) is 5.57. The van der Waals surface area contributed by atoms with Crippen molar-refractivity contribution in [1.82, 2.24) is 24.6 Å². The summed E-state index contributed by atoms with van der Waals surface area (Å²) in [4.78, 5) is 16.3. The number of nitrogens with one attached hydrogen (secondary N) is 1. The van der Waals surface area contributed by atoms with Crippen LogP contribution in [0.25, 0.3) is 27.8 Å². The molecule has 2 heterocycles. The molecule has 0 bridgehead atoms. The minimum atomic E-state index is -0.423. The Morgan fingerprint density at radius 2 is 1.82 bits per heavy atom. The summed E-state index contributed by atoms with van der Waals surface area (Å²) in [5, 5.41) is 20.1. The Morgan fingerprint density at radius 3 is 2.61 bits per heavy atom. The summed E-state index contributed by atoms with van der Waals surface area (Å²) in [6.07, 6.45) is -0.423. The van der Waals surface area contributed by atoms with Crippen molar-refractivity contribution < 1.29 is 14.6 Å². The molecule has 1 aromatic heterocycles. The highest BCUT2D eigenvalue weighted by Crippen LogP contribution is 2.34. The summed E-state index contributed by atoms with van der Waals surface area (Å²) < 4.78 is 7.69. The van der Waals surface area contributed by atoms with Gasteiger partial charge in [-0.15, -0.1) is 0 Å². The van der Waals surface area contributed by atoms with E-state index in [2.05, 4.69) is 15.1 Å². The number of fused-ring (bicyclic) bond motifs is 1. The van der Waals surface area contributed by atoms with Crippen LogP contribution < -0.4 is 4.74 Å². The quantitative estimate of drug-likeness (QED) is 0.445. The lowest BCUT2D eigenvalue weighted by Gasteiger charge is -2.31. The van der Waals surface area contributed by atoms with Gasteiger partial charge in [0.15, 0.2) is 10.6 Å². The first-order valence-corrected chi connectivity index (χ1v) is 11.1. The van der Waals surface area contributed by atoms with Crippen LogP contribution in [-0.4, -0.2) is 69.0 Å². The lowest BCUT2D eigenvalue weighted by molar-refractivity contribution is 0.120. The number of aromatic hydroxyl groups is 1. The van der Waals surface area contributed by atoms with E-state index in [1.165, 1.54) is 6.07 Å². The van der Waals surface area contributed by atoms with Gasteiger partial charge in [-0.25, -0.2) is 4.79 Å². The van der Waals surface area contributed by atoms with Gasteiger partial charge in [-0.2, -0.15) is 5.10 Å². The lowest BCUT2D eigenvalue weighted by atomic mass is 10.1. The van der Waals surface area contributed by atoms with Gasteiger partial charge in [0.05, 0.1) is 11.3 Å². The van der Waals surface area contributed by atoms with Crippen molar-refractivity contribution >= 4 is 29.1 Å². The SMILES string of the molecule is CN1CCN(C(=O)Oc2ccc(-c3n[nH]c(=S)n3-c3cccc4ccccc34)c(O)c2)CC1. The first-order chi connectivity index (χ1) is 16.0. The number of carbonyl (C=O) groups is 1. The molecule has 0 unspecified atom stereocenters. The molecule has 1 aliphatic rings. The molecule has 5 rings (SSSR count). The first-order valence-electron chi connectivity index (χ1n) is 10.7. The molecule has 0 atom stereocenters. The van der Waals surface area contributed by atoms with Gasteiger partial charge in [-0.05, 0) is 42.9 Å². The van der Waals surface area contributed by atoms with Gasteiger partial charge in [0.1, 0.15) is 11.5 Å². The highest BCUT2D eigenvalue weighted by molar-refractivity contribution is 7.71. The van der Waals surface area contributed by atoms with E-state index in [4.69, 9.17) is 17.0 Å². The largest absolute Gasteiger partial charge is 0.507 e. The highest BCUT2D eigenvalue weighted by atomic mass is 32.1. The number of hydrogen-bond donors (Lipinski definition) is 2. The lowest BCUT2D eigenvalue weighted by Crippen LogP contribution is -2.48. The fraction of sp³-hybridized carbons (Fsp3) is 0.208. The van der Waals surface area contributed by atoms with Gasteiger partial charge in [0.2, 0.25) is 0 Å². The minimum absolute atomic E-state index is 0.0610. The fourth-order valence-electron chi connectivity index (χ4n) is 4.02. The molecule has 9 heteroatoms. The van der Waals surface area contributed by atoms with Crippen LogP contribution in [0, 0.1) is 4.77 Å². The molecule has 1 fully saturated rings. The van der Waals surface area contributed by atoms with Crippen molar-refractivity contribution in [3.63, 3.8) is 0 Å². The maximum Gasteiger partial charge on any atom is 0.415 e. The molecule has 8 nitrogen and oxygen atoms in total. The predicted octanol–water partition coefficient (Wildman–Crippen LogP) is 4.20. The van der Waals surface area contributed by atoms with Crippen molar-refractivity contribution in [1.29, 1.82) is 0 Å². The summed E-state index contributed by atoms with van der Waals surface area (Å²) in [5.41, 5.74) is 1.32. The van der Waals surface area contributed by atoms with Gasteiger partial charge in [-0.3, -0.25) is 9.67 Å². The average molecular weight is 462 g/mol. The number of amides is 1. The van der Waals surface area contributed by atoms with E-state index in [0.717, 1.165) is 29.5 Å². The number of aromatic nitrogens is 3. The van der Waals surface area contributed by atoms with Crippen molar-refractivity contribution in [2.75, 3.05) is 33.2 Å². The second kappa shape index (κ2) is 8.68. The standard InChI is InChI=1S/C24H23N5O3S/c1-27-11-13-28(14-12-27)24(31)32-17-9-10-19(21(30)15-17)22-25-26-23(33)29(22)20-8-4-6-16-5-2-3-7-18(16)20/h2-10,15,30H,11-14H2,1H3,(H,26,33). The number of phenols is 1. The molecule has 3 aromatic carbocycles. The normalized spacial score (nSPS) is 14.5. The number of carbonyl (C=O) groups excluding carboxylic acids is 1. The smallest absolute Gasteiger partial charge is 0.415 e. The molecule has 0 saturated carbocycles. The molecule has 1 amide bonds.